The number of amides is 1. The van der Waals surface area contributed by atoms with Crippen LogP contribution in [0.5, 0.6) is 11.5 Å². The number of para-hydroxylation sites is 1. The van der Waals surface area contributed by atoms with Crippen LogP contribution in [0.4, 0.5) is 5.69 Å². The van der Waals surface area contributed by atoms with Gasteiger partial charge in [-0.25, -0.2) is 0 Å². The molecule has 0 saturated heterocycles. The van der Waals surface area contributed by atoms with Crippen molar-refractivity contribution >= 4 is 23.5 Å². The maximum absolute atomic E-state index is 12.2. The molecule has 0 radical (unpaired) electrons. The van der Waals surface area contributed by atoms with Gasteiger partial charge in [0.25, 0.3) is 0 Å². The van der Waals surface area contributed by atoms with Gasteiger partial charge in [0, 0.05) is 11.6 Å². The largest absolute Gasteiger partial charge is 0.493 e. The predicted molar refractivity (Wildman–Crippen MR) is 104 cm³/mol. The second kappa shape index (κ2) is 9.53. The Bertz CT molecular complexity index is 914. The van der Waals surface area contributed by atoms with Crippen LogP contribution >= 0.6 is 0 Å². The van der Waals surface area contributed by atoms with Crippen LogP contribution in [0.2, 0.25) is 0 Å². The monoisotopic (exact) mass is 365 g/mol. The van der Waals surface area contributed by atoms with E-state index in [1.54, 1.807) is 48.5 Å². The zero-order valence-electron chi connectivity index (χ0n) is 14.7. The summed E-state index contributed by atoms with van der Waals surface area (Å²) >= 11 is 0. The number of hydrogen-bond acceptors (Lipinski definition) is 5. The van der Waals surface area contributed by atoms with E-state index in [1.807, 2.05) is 0 Å². The minimum Gasteiger partial charge on any atom is -0.493 e. The molecule has 4 N–H and O–H groups in total. The fraction of sp³-hybridized carbons (Fsp3) is 0.100. The highest BCUT2D eigenvalue weighted by molar-refractivity contribution is 6.08. The number of nitrogens with one attached hydrogen (secondary N) is 1. The molecule has 0 aromatic heterocycles. The standard InChI is InChI=1S/C20H19N3O4/c1-3-12-27-17-10-8-14(13-18(17)26-2)9-11-19(24)22-16-7-5-4-6-15(16)20(21)23-25/h1,4-11,13,25H,12H2,2H3,(H2,21,23)(H,22,24)/b11-9+. The summed E-state index contributed by atoms with van der Waals surface area (Å²) in [5, 5.41) is 14.5. The minimum absolute atomic E-state index is 0.0952. The maximum atomic E-state index is 12.2. The molecule has 2 rings (SSSR count). The van der Waals surface area contributed by atoms with E-state index in [9.17, 15) is 4.79 Å². The predicted octanol–water partition coefficient (Wildman–Crippen LogP) is 2.45. The van der Waals surface area contributed by atoms with Crippen molar-refractivity contribution in [2.45, 2.75) is 0 Å². The average Bonchev–Trinajstić information content (AvgIpc) is 2.70. The van der Waals surface area contributed by atoms with Crippen molar-refractivity contribution in [3.63, 3.8) is 0 Å². The third kappa shape index (κ3) is 5.28. The Kier molecular flexibility index (Phi) is 6.85. The van der Waals surface area contributed by atoms with Crippen molar-refractivity contribution in [3.05, 3.63) is 59.7 Å². The molecule has 0 aliphatic carbocycles. The Morgan fingerprint density at radius 2 is 2.11 bits per heavy atom. The first-order chi connectivity index (χ1) is 13.1. The number of nitrogens with zero attached hydrogens (tertiary/aromatic N) is 1. The smallest absolute Gasteiger partial charge is 0.248 e. The summed E-state index contributed by atoms with van der Waals surface area (Å²) in [4.78, 5) is 12.2. The van der Waals surface area contributed by atoms with Gasteiger partial charge < -0.3 is 25.7 Å². The van der Waals surface area contributed by atoms with E-state index < -0.39 is 0 Å². The molecule has 0 aliphatic heterocycles. The Morgan fingerprint density at radius 1 is 1.33 bits per heavy atom. The topological polar surface area (TPSA) is 106 Å². The highest BCUT2D eigenvalue weighted by atomic mass is 16.5. The van der Waals surface area contributed by atoms with Gasteiger partial charge in [0.15, 0.2) is 17.3 Å². The van der Waals surface area contributed by atoms with Crippen molar-refractivity contribution < 1.29 is 19.5 Å². The summed E-state index contributed by atoms with van der Waals surface area (Å²) in [6.45, 7) is 0.133. The van der Waals surface area contributed by atoms with E-state index in [0.29, 0.717) is 22.7 Å². The minimum atomic E-state index is -0.375. The van der Waals surface area contributed by atoms with Crippen molar-refractivity contribution in [2.24, 2.45) is 10.9 Å². The zero-order valence-corrected chi connectivity index (χ0v) is 14.7. The number of amidine groups is 1. The molecule has 0 aliphatic rings. The number of carbonyl (C=O) groups is 1. The number of hydrogen-bond donors (Lipinski definition) is 3. The number of terminal acetylenes is 1. The van der Waals surface area contributed by atoms with Crippen LogP contribution in [-0.2, 0) is 4.79 Å². The Morgan fingerprint density at radius 3 is 2.81 bits per heavy atom. The number of carbonyl (C=O) groups excluding carboxylic acids is 1. The van der Waals surface area contributed by atoms with Gasteiger partial charge in [-0.05, 0) is 35.9 Å². The molecule has 0 fully saturated rings. The van der Waals surface area contributed by atoms with E-state index in [1.165, 1.54) is 13.2 Å². The third-order valence-electron chi connectivity index (χ3n) is 3.49. The van der Waals surface area contributed by atoms with Crippen LogP contribution in [0.15, 0.2) is 53.7 Å². The van der Waals surface area contributed by atoms with Crippen LogP contribution in [0, 0.1) is 12.3 Å². The van der Waals surface area contributed by atoms with Crippen LogP contribution in [0.25, 0.3) is 6.08 Å². The number of methoxy groups -OCH3 is 1. The normalized spacial score (nSPS) is 11.0. The van der Waals surface area contributed by atoms with Gasteiger partial charge in [-0.2, -0.15) is 0 Å². The van der Waals surface area contributed by atoms with Crippen molar-refractivity contribution in [1.29, 1.82) is 0 Å². The number of rotatable bonds is 7. The molecule has 0 bridgehead atoms. The lowest BCUT2D eigenvalue weighted by Gasteiger charge is -2.09. The molecule has 138 valence electrons. The van der Waals surface area contributed by atoms with Crippen LogP contribution in [0.1, 0.15) is 11.1 Å². The van der Waals surface area contributed by atoms with Gasteiger partial charge in [-0.1, -0.05) is 29.3 Å². The van der Waals surface area contributed by atoms with Gasteiger partial charge in [-0.3, -0.25) is 4.79 Å². The lowest BCUT2D eigenvalue weighted by molar-refractivity contribution is -0.111. The van der Waals surface area contributed by atoms with Crippen molar-refractivity contribution in [1.82, 2.24) is 0 Å². The number of anilines is 1. The van der Waals surface area contributed by atoms with Gasteiger partial charge in [0.05, 0.1) is 12.8 Å². The van der Waals surface area contributed by atoms with Gasteiger partial charge in [0.2, 0.25) is 5.91 Å². The van der Waals surface area contributed by atoms with E-state index in [-0.39, 0.29) is 18.3 Å². The summed E-state index contributed by atoms with van der Waals surface area (Å²) < 4.78 is 10.6. The van der Waals surface area contributed by atoms with Crippen LogP contribution in [-0.4, -0.2) is 30.7 Å². The third-order valence-corrected chi connectivity index (χ3v) is 3.49. The quantitative estimate of drug-likeness (QED) is 0.175. The van der Waals surface area contributed by atoms with Crippen molar-refractivity contribution in [3.8, 4) is 23.8 Å². The SMILES string of the molecule is C#CCOc1ccc(/C=C/C(=O)Nc2ccccc2/C(N)=N/O)cc1OC. The van der Waals surface area contributed by atoms with Gasteiger partial charge in [-0.15, -0.1) is 6.42 Å². The molecular weight excluding hydrogens is 346 g/mol. The second-order valence-corrected chi connectivity index (χ2v) is 5.26. The summed E-state index contributed by atoms with van der Waals surface area (Å²) in [7, 11) is 1.52. The van der Waals surface area contributed by atoms with E-state index in [4.69, 9.17) is 26.8 Å². The fourth-order valence-corrected chi connectivity index (χ4v) is 2.24. The zero-order chi connectivity index (χ0) is 19.6. The molecule has 0 heterocycles. The second-order valence-electron chi connectivity index (χ2n) is 5.26. The summed E-state index contributed by atoms with van der Waals surface area (Å²) in [5.41, 5.74) is 7.19. The fourth-order valence-electron chi connectivity index (χ4n) is 2.24. The lowest BCUT2D eigenvalue weighted by atomic mass is 10.1. The first kappa shape index (κ1) is 19.4. The first-order valence-electron chi connectivity index (χ1n) is 7.89. The van der Waals surface area contributed by atoms with Crippen molar-refractivity contribution in [2.75, 3.05) is 19.0 Å². The highest BCUT2D eigenvalue weighted by Crippen LogP contribution is 2.28. The number of ether oxygens (including phenoxy) is 2. The van der Waals surface area contributed by atoms with Crippen LogP contribution < -0.4 is 20.5 Å². The molecule has 7 heteroatoms. The summed E-state index contributed by atoms with van der Waals surface area (Å²) in [6, 6.07) is 11.9. The van der Waals surface area contributed by atoms with Crippen LogP contribution in [0.3, 0.4) is 0 Å². The number of oxime groups is 1. The number of benzene rings is 2. The molecular formula is C20H19N3O4. The molecule has 0 atom stereocenters. The van der Waals surface area contributed by atoms with E-state index in [2.05, 4.69) is 16.4 Å². The summed E-state index contributed by atoms with van der Waals surface area (Å²) in [5.74, 6) is 2.94. The van der Waals surface area contributed by atoms with Gasteiger partial charge >= 0.3 is 0 Å². The molecule has 0 spiro atoms. The molecule has 27 heavy (non-hydrogen) atoms. The van der Waals surface area contributed by atoms with Gasteiger partial charge in [0.1, 0.15) is 6.61 Å². The Hall–Kier alpha value is -3.92. The maximum Gasteiger partial charge on any atom is 0.248 e. The molecule has 0 unspecified atom stereocenters. The van der Waals surface area contributed by atoms with E-state index >= 15 is 0 Å². The van der Waals surface area contributed by atoms with E-state index in [0.717, 1.165) is 5.56 Å². The average molecular weight is 365 g/mol. The summed E-state index contributed by atoms with van der Waals surface area (Å²) in [6.07, 6.45) is 8.16. The Balaban J connectivity index is 2.13. The molecule has 2 aromatic rings. The molecule has 1 amide bonds. The Labute approximate surface area is 157 Å². The first-order valence-corrected chi connectivity index (χ1v) is 7.89. The highest BCUT2D eigenvalue weighted by Gasteiger charge is 2.08. The number of nitrogens with two attached hydrogens (primary N) is 1. The molecule has 2 aromatic carbocycles. The molecule has 7 nitrogen and oxygen atoms in total. The molecule has 0 saturated carbocycles. The lowest BCUT2D eigenvalue weighted by Crippen LogP contribution is -2.17.